The van der Waals surface area contributed by atoms with Crippen molar-refractivity contribution in [2.75, 3.05) is 18.0 Å². The summed E-state index contributed by atoms with van der Waals surface area (Å²) in [6, 6.07) is 2.81. The summed E-state index contributed by atoms with van der Waals surface area (Å²) >= 11 is 0. The zero-order valence-electron chi connectivity index (χ0n) is 9.34. The molecule has 1 aliphatic heterocycles. The third-order valence-electron chi connectivity index (χ3n) is 3.19. The van der Waals surface area contributed by atoms with Crippen LogP contribution >= 0.6 is 0 Å². The van der Waals surface area contributed by atoms with E-state index >= 15 is 0 Å². The summed E-state index contributed by atoms with van der Waals surface area (Å²) in [5.41, 5.74) is 0.716. The predicted molar refractivity (Wildman–Crippen MR) is 61.6 cm³/mol. The molecule has 16 heavy (non-hydrogen) atoms. The lowest BCUT2D eigenvalue weighted by atomic mass is 10.1. The second-order valence-electron chi connectivity index (χ2n) is 4.26. The van der Waals surface area contributed by atoms with Gasteiger partial charge >= 0.3 is 0 Å². The van der Waals surface area contributed by atoms with Crippen LogP contribution < -0.4 is 4.90 Å². The van der Waals surface area contributed by atoms with Gasteiger partial charge in [0.1, 0.15) is 11.6 Å². The highest BCUT2D eigenvalue weighted by Gasteiger charge is 2.21. The molecule has 1 fully saturated rings. The largest absolute Gasteiger partial charge is 0.371 e. The topological polar surface area (TPSA) is 3.24 Å². The van der Waals surface area contributed by atoms with Crippen LogP contribution in [0.15, 0.2) is 24.8 Å². The lowest BCUT2D eigenvalue weighted by Gasteiger charge is -2.19. The number of rotatable bonds is 2. The number of nitrogens with zero attached hydrogens (tertiary/aromatic N) is 1. The average molecular weight is 223 g/mol. The van der Waals surface area contributed by atoms with E-state index in [-0.39, 0.29) is 5.56 Å². The third kappa shape index (κ3) is 1.94. The molecule has 1 aliphatic rings. The molecule has 0 N–H and O–H groups in total. The van der Waals surface area contributed by atoms with Gasteiger partial charge in [0.2, 0.25) is 0 Å². The van der Waals surface area contributed by atoms with Gasteiger partial charge in [0.25, 0.3) is 0 Å². The summed E-state index contributed by atoms with van der Waals surface area (Å²) in [4.78, 5) is 2.00. The van der Waals surface area contributed by atoms with Gasteiger partial charge < -0.3 is 4.90 Å². The standard InChI is InChI=1S/C13H15F2N/c1-3-10-4-5-16(8-10)11-6-12(14)9(2)13(15)7-11/h3,6-7,10H,1,4-5,8H2,2H3/t10-/m1/s1. The normalized spacial score (nSPS) is 20.2. The molecule has 1 nitrogen and oxygen atoms in total. The Morgan fingerprint density at radius 2 is 2.00 bits per heavy atom. The quantitative estimate of drug-likeness (QED) is 0.695. The summed E-state index contributed by atoms with van der Waals surface area (Å²) in [5.74, 6) is -0.526. The molecule has 1 atom stereocenters. The van der Waals surface area contributed by atoms with E-state index in [0.29, 0.717) is 11.6 Å². The van der Waals surface area contributed by atoms with Gasteiger partial charge in [-0.1, -0.05) is 6.08 Å². The van der Waals surface area contributed by atoms with Crippen LogP contribution in [0, 0.1) is 24.5 Å². The Morgan fingerprint density at radius 1 is 1.38 bits per heavy atom. The lowest BCUT2D eigenvalue weighted by molar-refractivity contribution is 0.567. The molecule has 1 saturated heterocycles. The number of halogens is 2. The second kappa shape index (κ2) is 4.24. The molecule has 86 valence electrons. The molecular weight excluding hydrogens is 208 g/mol. The van der Waals surface area contributed by atoms with E-state index in [1.165, 1.54) is 19.1 Å². The number of anilines is 1. The van der Waals surface area contributed by atoms with Crippen molar-refractivity contribution in [2.45, 2.75) is 13.3 Å². The van der Waals surface area contributed by atoms with Crippen molar-refractivity contribution in [3.05, 3.63) is 42.0 Å². The van der Waals surface area contributed by atoms with Crippen LogP contribution in [0.5, 0.6) is 0 Å². The van der Waals surface area contributed by atoms with E-state index in [1.807, 2.05) is 11.0 Å². The predicted octanol–water partition coefficient (Wildman–Crippen LogP) is 3.29. The monoisotopic (exact) mass is 223 g/mol. The molecule has 0 bridgehead atoms. The maximum Gasteiger partial charge on any atom is 0.131 e. The van der Waals surface area contributed by atoms with Gasteiger partial charge in [-0.2, -0.15) is 0 Å². The Labute approximate surface area is 94.4 Å². The summed E-state index contributed by atoms with van der Waals surface area (Å²) in [6.45, 7) is 6.82. The van der Waals surface area contributed by atoms with Crippen LogP contribution in [0.3, 0.4) is 0 Å². The van der Waals surface area contributed by atoms with Gasteiger partial charge in [-0.3, -0.25) is 0 Å². The van der Waals surface area contributed by atoms with E-state index in [0.717, 1.165) is 19.5 Å². The second-order valence-corrected chi connectivity index (χ2v) is 4.26. The van der Waals surface area contributed by atoms with Crippen molar-refractivity contribution < 1.29 is 8.78 Å². The molecule has 1 heterocycles. The van der Waals surface area contributed by atoms with E-state index in [4.69, 9.17) is 0 Å². The van der Waals surface area contributed by atoms with Crippen molar-refractivity contribution in [1.29, 1.82) is 0 Å². The molecule has 0 radical (unpaired) electrons. The van der Waals surface area contributed by atoms with Crippen molar-refractivity contribution in [3.8, 4) is 0 Å². The fourth-order valence-electron chi connectivity index (χ4n) is 2.03. The van der Waals surface area contributed by atoms with Gasteiger partial charge in [-0.25, -0.2) is 8.78 Å². The summed E-state index contributed by atoms with van der Waals surface area (Å²) in [7, 11) is 0. The molecule has 0 aromatic heterocycles. The first-order valence-electron chi connectivity index (χ1n) is 5.45. The highest BCUT2D eigenvalue weighted by atomic mass is 19.1. The SMILES string of the molecule is C=C[C@@H]1CCN(c2cc(F)c(C)c(F)c2)C1. The van der Waals surface area contributed by atoms with Crippen LogP contribution in [-0.4, -0.2) is 13.1 Å². The average Bonchev–Trinajstić information content (AvgIpc) is 2.73. The van der Waals surface area contributed by atoms with Crippen molar-refractivity contribution >= 4 is 5.69 Å². The van der Waals surface area contributed by atoms with Crippen molar-refractivity contribution in [1.82, 2.24) is 0 Å². The highest BCUT2D eigenvalue weighted by Crippen LogP contribution is 2.27. The first-order valence-corrected chi connectivity index (χ1v) is 5.45. The van der Waals surface area contributed by atoms with Crippen molar-refractivity contribution in [2.24, 2.45) is 5.92 Å². The molecule has 1 aromatic carbocycles. The molecule has 0 spiro atoms. The Hall–Kier alpha value is -1.38. The minimum atomic E-state index is -0.475. The smallest absolute Gasteiger partial charge is 0.131 e. The van der Waals surface area contributed by atoms with Crippen LogP contribution in [-0.2, 0) is 0 Å². The Kier molecular flexibility index (Phi) is 2.95. The van der Waals surface area contributed by atoms with E-state index in [2.05, 4.69) is 6.58 Å². The highest BCUT2D eigenvalue weighted by molar-refractivity contribution is 5.49. The number of hydrogen-bond acceptors (Lipinski definition) is 1. The van der Waals surface area contributed by atoms with Gasteiger partial charge in [-0.05, 0) is 31.4 Å². The first kappa shape index (κ1) is 11.1. The van der Waals surface area contributed by atoms with E-state index in [9.17, 15) is 8.78 Å². The Morgan fingerprint density at radius 3 is 2.50 bits per heavy atom. The summed E-state index contributed by atoms with van der Waals surface area (Å²) in [6.07, 6.45) is 2.90. The van der Waals surface area contributed by atoms with Gasteiger partial charge in [-0.15, -0.1) is 6.58 Å². The van der Waals surface area contributed by atoms with Crippen molar-refractivity contribution in [3.63, 3.8) is 0 Å². The lowest BCUT2D eigenvalue weighted by Crippen LogP contribution is -2.19. The molecule has 2 rings (SSSR count). The first-order chi connectivity index (χ1) is 7.61. The Bertz CT molecular complexity index is 391. The van der Waals surface area contributed by atoms with E-state index in [1.54, 1.807) is 0 Å². The minimum absolute atomic E-state index is 0.0863. The molecular formula is C13H15F2N. The zero-order valence-corrected chi connectivity index (χ0v) is 9.34. The van der Waals surface area contributed by atoms with Gasteiger partial charge in [0.05, 0.1) is 0 Å². The maximum absolute atomic E-state index is 13.4. The summed E-state index contributed by atoms with van der Waals surface area (Å²) < 4.78 is 26.8. The number of benzene rings is 1. The van der Waals surface area contributed by atoms with Crippen LogP contribution in [0.25, 0.3) is 0 Å². The number of hydrogen-bond donors (Lipinski definition) is 0. The van der Waals surface area contributed by atoms with Crippen LogP contribution in [0.1, 0.15) is 12.0 Å². The molecule has 0 aliphatic carbocycles. The zero-order chi connectivity index (χ0) is 11.7. The Balaban J connectivity index is 2.25. The van der Waals surface area contributed by atoms with E-state index < -0.39 is 11.6 Å². The molecule has 1 aromatic rings. The molecule has 0 unspecified atom stereocenters. The fraction of sp³-hybridized carbons (Fsp3) is 0.385. The molecule has 3 heteroatoms. The van der Waals surface area contributed by atoms with Gasteiger partial charge in [0, 0.05) is 24.3 Å². The van der Waals surface area contributed by atoms with Crippen LogP contribution in [0.2, 0.25) is 0 Å². The maximum atomic E-state index is 13.4. The molecule has 0 saturated carbocycles. The fourth-order valence-corrected chi connectivity index (χ4v) is 2.03. The molecule has 0 amide bonds. The minimum Gasteiger partial charge on any atom is -0.371 e. The third-order valence-corrected chi connectivity index (χ3v) is 3.19. The van der Waals surface area contributed by atoms with Crippen LogP contribution in [0.4, 0.5) is 14.5 Å². The summed E-state index contributed by atoms with van der Waals surface area (Å²) in [5, 5.41) is 0. The van der Waals surface area contributed by atoms with Gasteiger partial charge in [0.15, 0.2) is 0 Å².